The van der Waals surface area contributed by atoms with Gasteiger partial charge < -0.3 is 29.7 Å². The number of unbranched alkanes of at least 4 members (excludes halogenated alkanes) is 2. The third-order valence-electron chi connectivity index (χ3n) is 6.00. The zero-order valence-electron chi connectivity index (χ0n) is 20.1. The van der Waals surface area contributed by atoms with E-state index in [0.717, 1.165) is 0 Å². The molecule has 0 spiro atoms. The summed E-state index contributed by atoms with van der Waals surface area (Å²) < 4.78 is 0. The molecule has 2 unspecified atom stereocenters. The van der Waals surface area contributed by atoms with Crippen LogP contribution in [0.2, 0.25) is 0 Å². The Balaban J connectivity index is -0.00000225. The third kappa shape index (κ3) is 13.0. The van der Waals surface area contributed by atoms with Gasteiger partial charge in [0.2, 0.25) is 0 Å². The van der Waals surface area contributed by atoms with Crippen molar-refractivity contribution in [2.45, 2.75) is 106 Å². The van der Waals surface area contributed by atoms with Gasteiger partial charge in [-0.05, 0) is 51.2 Å². The van der Waals surface area contributed by atoms with E-state index in [1.54, 1.807) is 16.7 Å². The normalized spacial score (nSPS) is 15.3. The van der Waals surface area contributed by atoms with Gasteiger partial charge in [0.1, 0.15) is 0 Å². The van der Waals surface area contributed by atoms with Crippen molar-refractivity contribution >= 4 is 0 Å². The number of allylic oxidation sites excluding steroid dienone is 3. The fourth-order valence-corrected chi connectivity index (χ4v) is 4.20. The molecular formula is C25H46Cl2NTi. The van der Waals surface area contributed by atoms with E-state index >= 15 is 0 Å². The Bertz CT molecular complexity index is 440. The molecule has 4 heteroatoms. The van der Waals surface area contributed by atoms with Gasteiger partial charge in [-0.2, -0.15) is 5.57 Å². The second-order valence-electron chi connectivity index (χ2n) is 8.52. The first-order chi connectivity index (χ1) is 12.6. The maximum Gasteiger partial charge on any atom is 3.00 e. The summed E-state index contributed by atoms with van der Waals surface area (Å²) in [5.74, 6) is 1.39. The van der Waals surface area contributed by atoms with Crippen LogP contribution in [0.1, 0.15) is 106 Å². The van der Waals surface area contributed by atoms with Gasteiger partial charge >= 0.3 is 21.7 Å². The number of nitrogens with zero attached hydrogens (tertiary/aromatic N) is 1. The summed E-state index contributed by atoms with van der Waals surface area (Å²) in [6.45, 7) is 17.9. The Morgan fingerprint density at radius 2 is 1.31 bits per heavy atom. The van der Waals surface area contributed by atoms with Crippen LogP contribution in [-0.2, 0) is 21.7 Å². The molecule has 0 heterocycles. The van der Waals surface area contributed by atoms with Crippen LogP contribution >= 0.6 is 0 Å². The van der Waals surface area contributed by atoms with E-state index in [0.29, 0.717) is 11.8 Å². The molecule has 0 amide bonds. The van der Waals surface area contributed by atoms with Gasteiger partial charge in [0.25, 0.3) is 0 Å². The van der Waals surface area contributed by atoms with Crippen LogP contribution in [0.3, 0.4) is 0 Å². The summed E-state index contributed by atoms with van der Waals surface area (Å²) in [6.07, 6.45) is 16.8. The largest absolute Gasteiger partial charge is 3.00 e. The van der Waals surface area contributed by atoms with Crippen molar-refractivity contribution in [3.05, 3.63) is 22.8 Å². The van der Waals surface area contributed by atoms with Crippen LogP contribution in [-0.4, -0.2) is 24.5 Å². The van der Waals surface area contributed by atoms with E-state index in [4.69, 9.17) is 0 Å². The van der Waals surface area contributed by atoms with Crippen LogP contribution in [0.15, 0.2) is 16.7 Å². The Morgan fingerprint density at radius 1 is 0.793 bits per heavy atom. The fourth-order valence-electron chi connectivity index (χ4n) is 4.20. The number of hydrogen-bond donors (Lipinski definition) is 0. The van der Waals surface area contributed by atoms with Crippen molar-refractivity contribution in [2.75, 3.05) is 19.6 Å². The first kappa shape index (κ1) is 34.3. The minimum atomic E-state index is 0. The molecule has 2 atom stereocenters. The molecule has 0 fully saturated rings. The van der Waals surface area contributed by atoms with E-state index in [1.807, 2.05) is 0 Å². The van der Waals surface area contributed by atoms with Gasteiger partial charge in [0.15, 0.2) is 0 Å². The minimum absolute atomic E-state index is 0. The van der Waals surface area contributed by atoms with Crippen molar-refractivity contribution in [3.8, 4) is 0 Å². The van der Waals surface area contributed by atoms with E-state index in [-0.39, 0.29) is 46.5 Å². The summed E-state index contributed by atoms with van der Waals surface area (Å²) in [5.41, 5.74) is 4.88. The summed E-state index contributed by atoms with van der Waals surface area (Å²) in [4.78, 5) is 2.72. The maximum atomic E-state index is 3.90. The van der Waals surface area contributed by atoms with Gasteiger partial charge in [-0.15, -0.1) is 0 Å². The van der Waals surface area contributed by atoms with Crippen molar-refractivity contribution in [3.63, 3.8) is 0 Å². The van der Waals surface area contributed by atoms with Crippen LogP contribution in [0.5, 0.6) is 0 Å². The maximum absolute atomic E-state index is 3.90. The molecule has 0 N–H and O–H groups in total. The molecule has 0 saturated carbocycles. The van der Waals surface area contributed by atoms with Crippen LogP contribution in [0.4, 0.5) is 0 Å². The second kappa shape index (κ2) is 20.6. The number of halogens is 2. The Kier molecular flexibility index (Phi) is 24.4. The number of hydrogen-bond acceptors (Lipinski definition) is 1. The van der Waals surface area contributed by atoms with Crippen molar-refractivity contribution in [1.82, 2.24) is 4.90 Å². The van der Waals surface area contributed by atoms with Gasteiger partial charge in [0, 0.05) is 0 Å². The monoisotopic (exact) mass is 478 g/mol. The predicted molar refractivity (Wildman–Crippen MR) is 117 cm³/mol. The average molecular weight is 479 g/mol. The van der Waals surface area contributed by atoms with Crippen LogP contribution < -0.4 is 24.8 Å². The smallest absolute Gasteiger partial charge is 1.00 e. The molecule has 169 valence electrons. The average Bonchev–Trinajstić information content (AvgIpc) is 3.06. The first-order valence-electron chi connectivity index (χ1n) is 11.6. The molecule has 1 nitrogen and oxygen atoms in total. The van der Waals surface area contributed by atoms with Crippen LogP contribution in [0.25, 0.3) is 0 Å². The molecule has 1 radical (unpaired) electrons. The molecular weight excluding hydrogens is 433 g/mol. The molecule has 29 heavy (non-hydrogen) atoms. The van der Waals surface area contributed by atoms with Gasteiger partial charge in [0.05, 0.1) is 0 Å². The minimum Gasteiger partial charge on any atom is -1.00 e. The van der Waals surface area contributed by atoms with E-state index in [2.05, 4.69) is 52.5 Å². The standard InChI is InChI=1S/C25H46N.2ClH.Ti/c1-7-11-16-26(17-12-8-2)18-15-23-19-24(21(5)13-9-3)20-25(23)22(6)14-10-4;;;/h21-22H,7-19H2,1-6H3;2*1H;/q-1;;;+3/p-2. The van der Waals surface area contributed by atoms with Gasteiger partial charge in [-0.25, -0.2) is 17.2 Å². The van der Waals surface area contributed by atoms with E-state index < -0.39 is 0 Å². The molecule has 0 aliphatic heterocycles. The topological polar surface area (TPSA) is 3.24 Å². The SMILES string of the molecule is CCCCN(CCCC)CCC1=C(C(C)CCC)[C-]=C(C(C)CCC)C1.[Cl-].[Cl-].[Ti+3]. The van der Waals surface area contributed by atoms with Crippen molar-refractivity contribution in [1.29, 1.82) is 0 Å². The molecule has 1 aliphatic carbocycles. The van der Waals surface area contributed by atoms with Gasteiger partial charge in [-0.3, -0.25) is 0 Å². The fraction of sp³-hybridized carbons (Fsp3) is 0.840. The molecule has 0 aromatic carbocycles. The zero-order valence-corrected chi connectivity index (χ0v) is 23.1. The predicted octanol–water partition coefficient (Wildman–Crippen LogP) is 1.59. The molecule has 1 rings (SSSR count). The first-order valence-corrected chi connectivity index (χ1v) is 11.6. The Labute approximate surface area is 210 Å². The van der Waals surface area contributed by atoms with Crippen LogP contribution in [0, 0.1) is 17.9 Å². The Hall–Kier alpha value is 0.734. The van der Waals surface area contributed by atoms with E-state index in [1.165, 1.54) is 83.8 Å². The molecule has 0 saturated heterocycles. The van der Waals surface area contributed by atoms with Crippen molar-refractivity contribution in [2.24, 2.45) is 11.8 Å². The quantitative estimate of drug-likeness (QED) is 0.255. The number of rotatable bonds is 15. The van der Waals surface area contributed by atoms with E-state index in [9.17, 15) is 0 Å². The summed E-state index contributed by atoms with van der Waals surface area (Å²) in [6, 6.07) is 0. The van der Waals surface area contributed by atoms with Gasteiger partial charge in [-0.1, -0.05) is 86.0 Å². The zero-order chi connectivity index (χ0) is 19.4. The Morgan fingerprint density at radius 3 is 1.79 bits per heavy atom. The summed E-state index contributed by atoms with van der Waals surface area (Å²) in [7, 11) is 0. The third-order valence-corrected chi connectivity index (χ3v) is 6.00. The molecule has 0 aromatic heterocycles. The second-order valence-corrected chi connectivity index (χ2v) is 8.52. The molecule has 0 aromatic rings. The molecule has 1 aliphatic rings. The summed E-state index contributed by atoms with van der Waals surface area (Å²) >= 11 is 0. The van der Waals surface area contributed by atoms with Crippen molar-refractivity contribution < 1.29 is 46.5 Å². The molecule has 0 bridgehead atoms. The summed E-state index contributed by atoms with van der Waals surface area (Å²) in [5, 5.41) is 0.